The summed E-state index contributed by atoms with van der Waals surface area (Å²) in [6.07, 6.45) is 3.03. The average Bonchev–Trinajstić information content (AvgIpc) is 2.49. The van der Waals surface area contributed by atoms with Gasteiger partial charge in [-0.2, -0.15) is 5.26 Å². The molecule has 0 bridgehead atoms. The highest BCUT2D eigenvalue weighted by Crippen LogP contribution is 2.19. The number of hydrogen-bond acceptors (Lipinski definition) is 4. The second-order valence-electron chi connectivity index (χ2n) is 4.52. The van der Waals surface area contributed by atoms with Crippen molar-refractivity contribution in [1.29, 1.82) is 5.26 Å². The number of anilines is 1. The predicted molar refractivity (Wildman–Crippen MR) is 77.0 cm³/mol. The number of thioether (sulfide) groups is 1. The molecule has 0 aliphatic carbocycles. The van der Waals surface area contributed by atoms with Gasteiger partial charge in [-0.15, -0.1) is 0 Å². The Balaban J connectivity index is 1.93. The van der Waals surface area contributed by atoms with Crippen LogP contribution in [-0.2, 0) is 9.59 Å². The van der Waals surface area contributed by atoms with E-state index < -0.39 is 11.8 Å². The van der Waals surface area contributed by atoms with E-state index in [4.69, 9.17) is 5.26 Å². The SMILES string of the molecule is N#CSc1ccc(NC(=O)C(=O)N2CCCCC2)cc1. The molecule has 5 nitrogen and oxygen atoms in total. The summed E-state index contributed by atoms with van der Waals surface area (Å²) in [7, 11) is 0. The van der Waals surface area contributed by atoms with Crippen molar-refractivity contribution in [3.63, 3.8) is 0 Å². The molecule has 0 atom stereocenters. The van der Waals surface area contributed by atoms with Crippen molar-refractivity contribution in [3.8, 4) is 5.40 Å². The molecule has 0 spiro atoms. The van der Waals surface area contributed by atoms with Crippen LogP contribution in [-0.4, -0.2) is 29.8 Å². The molecule has 0 saturated carbocycles. The molecule has 20 heavy (non-hydrogen) atoms. The van der Waals surface area contributed by atoms with Crippen LogP contribution in [0.4, 0.5) is 5.69 Å². The zero-order valence-corrected chi connectivity index (χ0v) is 11.8. The Kier molecular flexibility index (Phi) is 5.02. The first-order chi connectivity index (χ1) is 9.70. The van der Waals surface area contributed by atoms with Gasteiger partial charge in [0.25, 0.3) is 0 Å². The number of nitrogens with zero attached hydrogens (tertiary/aromatic N) is 2. The first-order valence-electron chi connectivity index (χ1n) is 6.47. The summed E-state index contributed by atoms with van der Waals surface area (Å²) in [4.78, 5) is 26.2. The van der Waals surface area contributed by atoms with Gasteiger partial charge in [0, 0.05) is 23.7 Å². The maximum absolute atomic E-state index is 11.9. The molecule has 1 aliphatic heterocycles. The molecule has 1 saturated heterocycles. The van der Waals surface area contributed by atoms with Crippen molar-refractivity contribution in [2.24, 2.45) is 0 Å². The van der Waals surface area contributed by atoms with Crippen LogP contribution in [0.25, 0.3) is 0 Å². The molecule has 1 heterocycles. The summed E-state index contributed by atoms with van der Waals surface area (Å²) in [6, 6.07) is 6.83. The van der Waals surface area contributed by atoms with E-state index in [0.29, 0.717) is 18.8 Å². The molecule has 1 fully saturated rings. The second-order valence-corrected chi connectivity index (χ2v) is 5.38. The van der Waals surface area contributed by atoms with Gasteiger partial charge in [-0.25, -0.2) is 0 Å². The average molecular weight is 289 g/mol. The van der Waals surface area contributed by atoms with Crippen LogP contribution in [0.15, 0.2) is 29.2 Å². The molecular formula is C14H15N3O2S. The van der Waals surface area contributed by atoms with Crippen LogP contribution in [0.1, 0.15) is 19.3 Å². The summed E-state index contributed by atoms with van der Waals surface area (Å²) >= 11 is 1.05. The number of carbonyl (C=O) groups is 2. The van der Waals surface area contributed by atoms with E-state index >= 15 is 0 Å². The Morgan fingerprint density at radius 3 is 2.40 bits per heavy atom. The van der Waals surface area contributed by atoms with Crippen molar-refractivity contribution in [1.82, 2.24) is 4.90 Å². The lowest BCUT2D eigenvalue weighted by Crippen LogP contribution is -2.42. The molecule has 2 amide bonds. The quantitative estimate of drug-likeness (QED) is 0.514. The maximum atomic E-state index is 11.9. The first-order valence-corrected chi connectivity index (χ1v) is 7.28. The minimum Gasteiger partial charge on any atom is -0.334 e. The van der Waals surface area contributed by atoms with Crippen molar-refractivity contribution >= 4 is 29.3 Å². The first kappa shape index (κ1) is 14.4. The van der Waals surface area contributed by atoms with Gasteiger partial charge in [0.15, 0.2) is 0 Å². The molecule has 1 aliphatic rings. The number of piperidine rings is 1. The van der Waals surface area contributed by atoms with Gasteiger partial charge in [-0.3, -0.25) is 9.59 Å². The monoisotopic (exact) mass is 289 g/mol. The van der Waals surface area contributed by atoms with E-state index in [0.717, 1.165) is 35.9 Å². The number of thiocyanates is 1. The van der Waals surface area contributed by atoms with Gasteiger partial charge in [-0.05, 0) is 55.3 Å². The van der Waals surface area contributed by atoms with E-state index in [9.17, 15) is 9.59 Å². The number of nitriles is 1. The lowest BCUT2D eigenvalue weighted by molar-refractivity contribution is -0.143. The molecule has 1 N–H and O–H groups in total. The molecule has 104 valence electrons. The zero-order valence-electron chi connectivity index (χ0n) is 11.0. The molecular weight excluding hydrogens is 274 g/mol. The Bertz CT molecular complexity index is 530. The summed E-state index contributed by atoms with van der Waals surface area (Å²) in [5.74, 6) is -1.08. The number of nitrogens with one attached hydrogen (secondary N) is 1. The van der Waals surface area contributed by atoms with Crippen LogP contribution in [0.3, 0.4) is 0 Å². The lowest BCUT2D eigenvalue weighted by Gasteiger charge is -2.25. The molecule has 1 aromatic carbocycles. The molecule has 0 unspecified atom stereocenters. The van der Waals surface area contributed by atoms with Gasteiger partial charge in [0.05, 0.1) is 0 Å². The lowest BCUT2D eigenvalue weighted by atomic mass is 10.1. The Labute approximate surface area is 121 Å². The Morgan fingerprint density at radius 2 is 1.80 bits per heavy atom. The van der Waals surface area contributed by atoms with Crippen molar-refractivity contribution < 1.29 is 9.59 Å². The maximum Gasteiger partial charge on any atom is 0.313 e. The number of amides is 2. The van der Waals surface area contributed by atoms with E-state index in [2.05, 4.69) is 5.32 Å². The smallest absolute Gasteiger partial charge is 0.313 e. The van der Waals surface area contributed by atoms with Crippen LogP contribution >= 0.6 is 11.8 Å². The highest BCUT2D eigenvalue weighted by atomic mass is 32.2. The summed E-state index contributed by atoms with van der Waals surface area (Å²) in [5, 5.41) is 13.1. The van der Waals surface area contributed by atoms with Gasteiger partial charge < -0.3 is 10.2 Å². The third-order valence-electron chi connectivity index (χ3n) is 3.11. The van der Waals surface area contributed by atoms with Gasteiger partial charge in [-0.1, -0.05) is 0 Å². The molecule has 0 aromatic heterocycles. The van der Waals surface area contributed by atoms with Crippen LogP contribution in [0.2, 0.25) is 0 Å². The standard InChI is InChI=1S/C14H15N3O2S/c15-10-20-12-6-4-11(5-7-12)16-13(18)14(19)17-8-2-1-3-9-17/h4-7H,1-3,8-9H2,(H,16,18). The van der Waals surface area contributed by atoms with Crippen LogP contribution < -0.4 is 5.32 Å². The highest BCUT2D eigenvalue weighted by molar-refractivity contribution is 8.03. The summed E-state index contributed by atoms with van der Waals surface area (Å²) in [5.41, 5.74) is 0.558. The van der Waals surface area contributed by atoms with Crippen molar-refractivity contribution in [3.05, 3.63) is 24.3 Å². The molecule has 1 aromatic rings. The number of rotatable bonds is 2. The fourth-order valence-electron chi connectivity index (χ4n) is 2.08. The highest BCUT2D eigenvalue weighted by Gasteiger charge is 2.23. The fourth-order valence-corrected chi connectivity index (χ4v) is 2.46. The van der Waals surface area contributed by atoms with Gasteiger partial charge in [0.1, 0.15) is 5.40 Å². The number of hydrogen-bond donors (Lipinski definition) is 1. The summed E-state index contributed by atoms with van der Waals surface area (Å²) < 4.78 is 0. The Morgan fingerprint density at radius 1 is 1.15 bits per heavy atom. The van der Waals surface area contributed by atoms with Gasteiger partial charge in [0.2, 0.25) is 0 Å². The van der Waals surface area contributed by atoms with E-state index in [1.165, 1.54) is 0 Å². The summed E-state index contributed by atoms with van der Waals surface area (Å²) in [6.45, 7) is 1.31. The minimum absolute atomic E-state index is 0.472. The van der Waals surface area contributed by atoms with E-state index in [1.807, 2.05) is 5.40 Å². The third-order valence-corrected chi connectivity index (χ3v) is 3.71. The second kappa shape index (κ2) is 6.96. The third kappa shape index (κ3) is 3.75. The number of likely N-dealkylation sites (tertiary alicyclic amines) is 1. The van der Waals surface area contributed by atoms with E-state index in [-0.39, 0.29) is 0 Å². The van der Waals surface area contributed by atoms with E-state index in [1.54, 1.807) is 29.2 Å². The van der Waals surface area contributed by atoms with Crippen molar-refractivity contribution in [2.75, 3.05) is 18.4 Å². The van der Waals surface area contributed by atoms with Gasteiger partial charge >= 0.3 is 11.8 Å². The van der Waals surface area contributed by atoms with Crippen LogP contribution in [0, 0.1) is 10.7 Å². The van der Waals surface area contributed by atoms with Crippen molar-refractivity contribution in [2.45, 2.75) is 24.2 Å². The predicted octanol–water partition coefficient (Wildman–Crippen LogP) is 2.21. The fraction of sp³-hybridized carbons (Fsp3) is 0.357. The zero-order chi connectivity index (χ0) is 14.4. The topological polar surface area (TPSA) is 73.2 Å². The minimum atomic E-state index is -0.604. The largest absolute Gasteiger partial charge is 0.334 e. The molecule has 6 heteroatoms. The normalized spacial score (nSPS) is 14.4. The number of carbonyl (C=O) groups excluding carboxylic acids is 2. The molecule has 2 rings (SSSR count). The Hall–Kier alpha value is -2.00. The van der Waals surface area contributed by atoms with Crippen LogP contribution in [0.5, 0.6) is 0 Å². The number of benzene rings is 1. The molecule has 0 radical (unpaired) electrons.